The molecule has 4 heteroatoms. The van der Waals surface area contributed by atoms with Crippen molar-refractivity contribution >= 4 is 12.4 Å². The second-order valence-electron chi connectivity index (χ2n) is 7.47. The number of hydrogen-bond donors (Lipinski definition) is 1. The van der Waals surface area contributed by atoms with Gasteiger partial charge in [0.15, 0.2) is 0 Å². The molecule has 0 unspecified atom stereocenters. The van der Waals surface area contributed by atoms with Crippen molar-refractivity contribution in [3.63, 3.8) is 0 Å². The highest BCUT2D eigenvalue weighted by Crippen LogP contribution is 2.25. The van der Waals surface area contributed by atoms with Gasteiger partial charge in [0.2, 0.25) is 0 Å². The van der Waals surface area contributed by atoms with Gasteiger partial charge in [0.25, 0.3) is 0 Å². The molecule has 1 N–H and O–H groups in total. The van der Waals surface area contributed by atoms with Crippen LogP contribution in [0.4, 0.5) is 4.79 Å². The number of nitrogens with one attached hydrogen (secondary N) is 1. The van der Waals surface area contributed by atoms with Gasteiger partial charge in [-0.15, -0.1) is 0 Å². The highest BCUT2D eigenvalue weighted by Gasteiger charge is 2.21. The Morgan fingerprint density at radius 2 is 1.68 bits per heavy atom. The Kier molecular flexibility index (Phi) is 5.75. The standard InChI is InChI=1S/C18H27NO3/c1-17(2,3)14-9-7-13(8-10-14)15(11-12-20)19-16(21)22-18(4,5)6/h7-10,12,15H,11H2,1-6H3,(H,19,21)/t15-/m1/s1. The molecular weight excluding hydrogens is 278 g/mol. The van der Waals surface area contributed by atoms with Gasteiger partial charge < -0.3 is 14.8 Å². The number of hydrogen-bond acceptors (Lipinski definition) is 3. The van der Waals surface area contributed by atoms with E-state index in [1.54, 1.807) is 20.8 Å². The number of benzene rings is 1. The smallest absolute Gasteiger partial charge is 0.408 e. The SMILES string of the molecule is CC(C)(C)OC(=O)N[C@H](CC=O)c1ccc(C(C)(C)C)cc1. The van der Waals surface area contributed by atoms with E-state index in [0.29, 0.717) is 0 Å². The van der Waals surface area contributed by atoms with Crippen LogP contribution in [0.5, 0.6) is 0 Å². The zero-order valence-electron chi connectivity index (χ0n) is 14.4. The summed E-state index contributed by atoms with van der Waals surface area (Å²) in [6.07, 6.45) is 0.507. The first kappa shape index (κ1) is 18.2. The third-order valence-electron chi connectivity index (χ3n) is 3.20. The summed E-state index contributed by atoms with van der Waals surface area (Å²) in [5.74, 6) is 0. The second-order valence-corrected chi connectivity index (χ2v) is 7.47. The van der Waals surface area contributed by atoms with Gasteiger partial charge in [0.1, 0.15) is 11.9 Å². The molecule has 1 aromatic carbocycles. The highest BCUT2D eigenvalue weighted by atomic mass is 16.6. The molecule has 0 radical (unpaired) electrons. The van der Waals surface area contributed by atoms with Crippen molar-refractivity contribution in [1.29, 1.82) is 0 Å². The minimum absolute atomic E-state index is 0.0667. The molecule has 0 fully saturated rings. The molecule has 0 aliphatic rings. The van der Waals surface area contributed by atoms with E-state index in [9.17, 15) is 9.59 Å². The molecule has 122 valence electrons. The van der Waals surface area contributed by atoms with Crippen LogP contribution in [0.3, 0.4) is 0 Å². The maximum absolute atomic E-state index is 11.9. The van der Waals surface area contributed by atoms with Gasteiger partial charge in [-0.3, -0.25) is 0 Å². The molecule has 22 heavy (non-hydrogen) atoms. The lowest BCUT2D eigenvalue weighted by atomic mass is 9.86. The van der Waals surface area contributed by atoms with Crippen molar-refractivity contribution < 1.29 is 14.3 Å². The molecule has 0 saturated heterocycles. The van der Waals surface area contributed by atoms with Gasteiger partial charge >= 0.3 is 6.09 Å². The van der Waals surface area contributed by atoms with E-state index in [0.717, 1.165) is 11.8 Å². The number of carbonyl (C=O) groups excluding carboxylic acids is 2. The lowest BCUT2D eigenvalue weighted by molar-refractivity contribution is -0.108. The normalized spacial score (nSPS) is 13.4. The minimum atomic E-state index is -0.564. The zero-order chi connectivity index (χ0) is 17.0. The van der Waals surface area contributed by atoms with Gasteiger partial charge in [-0.25, -0.2) is 4.79 Å². The number of amides is 1. The number of carbonyl (C=O) groups is 2. The summed E-state index contributed by atoms with van der Waals surface area (Å²) in [6.45, 7) is 11.8. The maximum atomic E-state index is 11.9. The first-order valence-electron chi connectivity index (χ1n) is 7.56. The van der Waals surface area contributed by atoms with Crippen LogP contribution in [-0.4, -0.2) is 18.0 Å². The van der Waals surface area contributed by atoms with E-state index in [4.69, 9.17) is 4.74 Å². The van der Waals surface area contributed by atoms with Crippen molar-refractivity contribution in [2.24, 2.45) is 0 Å². The fourth-order valence-electron chi connectivity index (χ4n) is 2.04. The van der Waals surface area contributed by atoms with E-state index in [1.165, 1.54) is 5.56 Å². The van der Waals surface area contributed by atoms with Crippen LogP contribution in [0, 0.1) is 0 Å². The Balaban J connectivity index is 2.87. The second kappa shape index (κ2) is 6.95. The van der Waals surface area contributed by atoms with E-state index < -0.39 is 11.7 Å². The summed E-state index contributed by atoms with van der Waals surface area (Å²) in [4.78, 5) is 22.8. The minimum Gasteiger partial charge on any atom is -0.444 e. The van der Waals surface area contributed by atoms with Gasteiger partial charge in [0.05, 0.1) is 6.04 Å². The molecule has 0 bridgehead atoms. The predicted molar refractivity (Wildman–Crippen MR) is 87.9 cm³/mol. The topological polar surface area (TPSA) is 55.4 Å². The number of rotatable bonds is 4. The van der Waals surface area contributed by atoms with Gasteiger partial charge in [-0.05, 0) is 37.3 Å². The van der Waals surface area contributed by atoms with Crippen molar-refractivity contribution in [3.05, 3.63) is 35.4 Å². The first-order chi connectivity index (χ1) is 10.0. The summed E-state index contributed by atoms with van der Waals surface area (Å²) < 4.78 is 5.25. The quantitative estimate of drug-likeness (QED) is 0.851. The fraction of sp³-hybridized carbons (Fsp3) is 0.556. The molecule has 4 nitrogen and oxygen atoms in total. The average molecular weight is 305 g/mol. The third-order valence-corrected chi connectivity index (χ3v) is 3.20. The average Bonchev–Trinajstić information content (AvgIpc) is 2.35. The molecule has 0 heterocycles. The van der Waals surface area contributed by atoms with Crippen molar-refractivity contribution in [3.8, 4) is 0 Å². The van der Waals surface area contributed by atoms with Crippen LogP contribution in [0.15, 0.2) is 24.3 Å². The molecule has 1 amide bonds. The summed E-state index contributed by atoms with van der Waals surface area (Å²) >= 11 is 0. The first-order valence-corrected chi connectivity index (χ1v) is 7.56. The molecule has 0 spiro atoms. The zero-order valence-corrected chi connectivity index (χ0v) is 14.4. The van der Waals surface area contributed by atoms with Crippen LogP contribution in [0.1, 0.15) is 65.1 Å². The summed E-state index contributed by atoms with van der Waals surface area (Å²) in [5.41, 5.74) is 1.60. The third kappa shape index (κ3) is 5.88. The summed E-state index contributed by atoms with van der Waals surface area (Å²) in [5, 5.41) is 2.76. The van der Waals surface area contributed by atoms with Crippen LogP contribution < -0.4 is 5.32 Å². The van der Waals surface area contributed by atoms with Gasteiger partial charge in [-0.2, -0.15) is 0 Å². The van der Waals surface area contributed by atoms with Crippen molar-refractivity contribution in [2.75, 3.05) is 0 Å². The maximum Gasteiger partial charge on any atom is 0.408 e. The van der Waals surface area contributed by atoms with E-state index >= 15 is 0 Å². The van der Waals surface area contributed by atoms with Gasteiger partial charge in [0, 0.05) is 6.42 Å². The van der Waals surface area contributed by atoms with E-state index in [2.05, 4.69) is 26.1 Å². The Morgan fingerprint density at radius 1 is 1.14 bits per heavy atom. The van der Waals surface area contributed by atoms with Crippen LogP contribution in [-0.2, 0) is 14.9 Å². The van der Waals surface area contributed by atoms with Crippen molar-refractivity contribution in [2.45, 2.75) is 65.0 Å². The monoisotopic (exact) mass is 305 g/mol. The largest absolute Gasteiger partial charge is 0.444 e. The molecule has 0 aliphatic heterocycles. The van der Waals surface area contributed by atoms with Crippen LogP contribution in [0.2, 0.25) is 0 Å². The fourth-order valence-corrected chi connectivity index (χ4v) is 2.04. The Morgan fingerprint density at radius 3 is 2.09 bits per heavy atom. The lowest BCUT2D eigenvalue weighted by Gasteiger charge is -2.24. The molecule has 0 aliphatic carbocycles. The van der Waals surface area contributed by atoms with Crippen molar-refractivity contribution in [1.82, 2.24) is 5.32 Å². The number of alkyl carbamates (subject to hydrolysis) is 1. The number of aldehydes is 1. The summed E-state index contributed by atoms with van der Waals surface area (Å²) in [7, 11) is 0. The Bertz CT molecular complexity index is 507. The van der Waals surface area contributed by atoms with Crippen LogP contribution >= 0.6 is 0 Å². The Labute approximate surface area is 133 Å². The van der Waals surface area contributed by atoms with E-state index in [-0.39, 0.29) is 17.9 Å². The van der Waals surface area contributed by atoms with Gasteiger partial charge in [-0.1, -0.05) is 45.0 Å². The highest BCUT2D eigenvalue weighted by molar-refractivity contribution is 5.69. The molecule has 1 atom stereocenters. The molecule has 1 rings (SSSR count). The van der Waals surface area contributed by atoms with Crippen LogP contribution in [0.25, 0.3) is 0 Å². The molecular formula is C18H27NO3. The number of ether oxygens (including phenoxy) is 1. The molecule has 0 aromatic heterocycles. The Hall–Kier alpha value is -1.84. The summed E-state index contributed by atoms with van der Waals surface area (Å²) in [6, 6.07) is 7.59. The molecule has 0 saturated carbocycles. The lowest BCUT2D eigenvalue weighted by Crippen LogP contribution is -2.35. The molecule has 1 aromatic rings. The predicted octanol–water partition coefficient (Wildman–Crippen LogP) is 4.14. The van der Waals surface area contributed by atoms with E-state index in [1.807, 2.05) is 24.3 Å².